The van der Waals surface area contributed by atoms with Crippen molar-refractivity contribution in [2.75, 3.05) is 0 Å². The van der Waals surface area contributed by atoms with Crippen LogP contribution in [0.15, 0.2) is 10.5 Å². The van der Waals surface area contributed by atoms with Gasteiger partial charge in [-0.2, -0.15) is 0 Å². The van der Waals surface area contributed by atoms with Crippen molar-refractivity contribution in [1.29, 1.82) is 0 Å². The molecule has 0 aliphatic heterocycles. The van der Waals surface area contributed by atoms with E-state index in [1.54, 1.807) is 0 Å². The van der Waals surface area contributed by atoms with Crippen LogP contribution in [-0.4, -0.2) is 0 Å². The van der Waals surface area contributed by atoms with Gasteiger partial charge in [-0.1, -0.05) is 0 Å². The molecule has 2 rings (SSSR count). The van der Waals surface area contributed by atoms with E-state index in [0.717, 1.165) is 16.4 Å². The maximum absolute atomic E-state index is 13.3. The highest BCUT2D eigenvalue weighted by Crippen LogP contribution is 2.32. The minimum Gasteiger partial charge on any atom is -0.205 e. The van der Waals surface area contributed by atoms with Gasteiger partial charge in [0.05, 0.1) is 8.04 Å². The molecule has 0 nitrogen and oxygen atoms in total. The Kier molecular flexibility index (Phi) is 2.42. The van der Waals surface area contributed by atoms with Crippen LogP contribution in [0.3, 0.4) is 0 Å². The molecule has 0 heterocycles. The Morgan fingerprint density at radius 2 is 2.17 bits per heavy atom. The molecule has 0 saturated heterocycles. The Labute approximate surface area is 92.8 Å². The van der Waals surface area contributed by atoms with Crippen LogP contribution in [0.2, 0.25) is 0 Å². The molecule has 0 spiro atoms. The summed E-state index contributed by atoms with van der Waals surface area (Å²) in [5.41, 5.74) is 2.53. The third kappa shape index (κ3) is 1.31. The summed E-state index contributed by atoms with van der Waals surface area (Å²) < 4.78 is 14.7. The first-order chi connectivity index (χ1) is 5.70. The van der Waals surface area contributed by atoms with E-state index in [9.17, 15) is 4.39 Å². The maximum Gasteiger partial charge on any atom is 0.150 e. The minimum absolute atomic E-state index is 0.101. The molecule has 0 aromatic heterocycles. The topological polar surface area (TPSA) is 0 Å². The van der Waals surface area contributed by atoms with E-state index in [1.807, 2.05) is 6.07 Å². The Morgan fingerprint density at radius 1 is 1.42 bits per heavy atom. The molecule has 0 unspecified atom stereocenters. The van der Waals surface area contributed by atoms with Crippen molar-refractivity contribution in [2.24, 2.45) is 0 Å². The number of benzene rings is 1. The van der Waals surface area contributed by atoms with Crippen molar-refractivity contribution in [3.8, 4) is 0 Å². The van der Waals surface area contributed by atoms with E-state index >= 15 is 0 Å². The lowest BCUT2D eigenvalue weighted by Crippen LogP contribution is -1.93. The van der Waals surface area contributed by atoms with Gasteiger partial charge >= 0.3 is 0 Å². The van der Waals surface area contributed by atoms with Crippen LogP contribution in [0.1, 0.15) is 17.5 Å². The molecule has 1 aliphatic carbocycles. The van der Waals surface area contributed by atoms with E-state index < -0.39 is 0 Å². The Bertz CT molecular complexity index is 336. The van der Waals surface area contributed by atoms with Crippen LogP contribution in [0.5, 0.6) is 0 Å². The quantitative estimate of drug-likeness (QED) is 0.499. The van der Waals surface area contributed by atoms with Crippen molar-refractivity contribution in [1.82, 2.24) is 0 Å². The first kappa shape index (κ1) is 8.94. The lowest BCUT2D eigenvalue weighted by molar-refractivity contribution is 0.611. The molecule has 12 heavy (non-hydrogen) atoms. The lowest BCUT2D eigenvalue weighted by atomic mass is 10.1. The maximum atomic E-state index is 13.3. The van der Waals surface area contributed by atoms with Crippen LogP contribution in [0, 0.1) is 9.39 Å². The van der Waals surface area contributed by atoms with Gasteiger partial charge in [0.25, 0.3) is 0 Å². The molecule has 0 N–H and O–H groups in total. The fourth-order valence-corrected chi connectivity index (χ4v) is 3.38. The van der Waals surface area contributed by atoms with Gasteiger partial charge in [0, 0.05) is 0 Å². The summed E-state index contributed by atoms with van der Waals surface area (Å²) in [5.74, 6) is -0.101. The molecular formula is C9H7BrFI. The SMILES string of the molecule is Fc1c(Br)cc2c(c1I)CCC2. The predicted octanol–water partition coefficient (Wildman–Crippen LogP) is 3.68. The first-order valence-electron chi connectivity index (χ1n) is 3.85. The summed E-state index contributed by atoms with van der Waals surface area (Å²) in [6, 6.07) is 1.92. The number of hydrogen-bond acceptors (Lipinski definition) is 0. The third-order valence-electron chi connectivity index (χ3n) is 2.23. The molecule has 64 valence electrons. The predicted molar refractivity (Wildman–Crippen MR) is 58.8 cm³/mol. The minimum atomic E-state index is -0.101. The summed E-state index contributed by atoms with van der Waals surface area (Å²) in [7, 11) is 0. The van der Waals surface area contributed by atoms with Crippen molar-refractivity contribution in [3.63, 3.8) is 0 Å². The normalized spacial score (nSPS) is 14.9. The summed E-state index contributed by atoms with van der Waals surface area (Å²) in [6.45, 7) is 0. The monoisotopic (exact) mass is 340 g/mol. The van der Waals surface area contributed by atoms with Crippen LogP contribution in [0.25, 0.3) is 0 Å². The van der Waals surface area contributed by atoms with Crippen LogP contribution in [0.4, 0.5) is 4.39 Å². The zero-order valence-corrected chi connectivity index (χ0v) is 10.1. The van der Waals surface area contributed by atoms with Gasteiger partial charge in [0.2, 0.25) is 0 Å². The molecule has 1 aromatic rings. The second-order valence-corrected chi connectivity index (χ2v) is 4.91. The number of aryl methyl sites for hydroxylation is 1. The van der Waals surface area contributed by atoms with Crippen molar-refractivity contribution >= 4 is 38.5 Å². The summed E-state index contributed by atoms with van der Waals surface area (Å²) in [5, 5.41) is 0. The largest absolute Gasteiger partial charge is 0.205 e. The highest BCUT2D eigenvalue weighted by molar-refractivity contribution is 14.1. The standard InChI is InChI=1S/C9H7BrFI/c10-7-4-5-2-1-3-6(5)9(12)8(7)11/h4H,1-3H2. The average Bonchev–Trinajstić information content (AvgIpc) is 2.48. The highest BCUT2D eigenvalue weighted by Gasteiger charge is 2.18. The Morgan fingerprint density at radius 3 is 2.92 bits per heavy atom. The molecule has 0 radical (unpaired) electrons. The lowest BCUT2D eigenvalue weighted by Gasteiger charge is -2.05. The van der Waals surface area contributed by atoms with Gasteiger partial charge in [-0.15, -0.1) is 0 Å². The average molecular weight is 341 g/mol. The second kappa shape index (κ2) is 3.25. The molecular weight excluding hydrogens is 334 g/mol. The Balaban J connectivity index is 2.67. The molecule has 0 amide bonds. The van der Waals surface area contributed by atoms with Crippen molar-refractivity contribution < 1.29 is 4.39 Å². The van der Waals surface area contributed by atoms with Gasteiger partial charge in [-0.05, 0) is 75.0 Å². The van der Waals surface area contributed by atoms with Crippen molar-refractivity contribution in [2.45, 2.75) is 19.3 Å². The molecule has 3 heteroatoms. The molecule has 0 saturated carbocycles. The Hall–Kier alpha value is 0.360. The first-order valence-corrected chi connectivity index (χ1v) is 5.72. The smallest absolute Gasteiger partial charge is 0.150 e. The number of halogens is 3. The van der Waals surface area contributed by atoms with Gasteiger partial charge in [-0.25, -0.2) is 4.39 Å². The number of hydrogen-bond donors (Lipinski definition) is 0. The van der Waals surface area contributed by atoms with Gasteiger partial charge in [0.15, 0.2) is 5.82 Å². The molecule has 1 aromatic carbocycles. The number of rotatable bonds is 0. The summed E-state index contributed by atoms with van der Waals surface area (Å²) in [6.07, 6.45) is 3.31. The van der Waals surface area contributed by atoms with Gasteiger partial charge < -0.3 is 0 Å². The molecule has 1 aliphatic rings. The summed E-state index contributed by atoms with van der Waals surface area (Å²) >= 11 is 5.31. The highest BCUT2D eigenvalue weighted by atomic mass is 127. The zero-order valence-electron chi connectivity index (χ0n) is 6.33. The van der Waals surface area contributed by atoms with E-state index in [-0.39, 0.29) is 5.82 Å². The van der Waals surface area contributed by atoms with E-state index in [1.165, 1.54) is 17.5 Å². The van der Waals surface area contributed by atoms with Crippen LogP contribution >= 0.6 is 38.5 Å². The fraction of sp³-hybridized carbons (Fsp3) is 0.333. The van der Waals surface area contributed by atoms with Gasteiger partial charge in [-0.3, -0.25) is 0 Å². The van der Waals surface area contributed by atoms with E-state index in [4.69, 9.17) is 0 Å². The summed E-state index contributed by atoms with van der Waals surface area (Å²) in [4.78, 5) is 0. The van der Waals surface area contributed by atoms with E-state index in [0.29, 0.717) is 4.47 Å². The fourth-order valence-electron chi connectivity index (χ4n) is 1.63. The molecule has 0 atom stereocenters. The van der Waals surface area contributed by atoms with E-state index in [2.05, 4.69) is 38.5 Å². The molecule has 0 fully saturated rings. The van der Waals surface area contributed by atoms with Crippen molar-refractivity contribution in [3.05, 3.63) is 31.1 Å². The molecule has 0 bridgehead atoms. The second-order valence-electron chi connectivity index (χ2n) is 2.98. The van der Waals surface area contributed by atoms with Crippen LogP contribution < -0.4 is 0 Å². The number of fused-ring (bicyclic) bond motifs is 1. The van der Waals surface area contributed by atoms with Crippen LogP contribution in [-0.2, 0) is 12.8 Å². The zero-order chi connectivity index (χ0) is 8.72. The van der Waals surface area contributed by atoms with Gasteiger partial charge in [0.1, 0.15) is 0 Å². The third-order valence-corrected chi connectivity index (χ3v) is 3.93.